The van der Waals surface area contributed by atoms with Gasteiger partial charge in [-0.2, -0.15) is 13.2 Å². The molecular formula is C21H20F3N5OS. The number of rotatable bonds is 5. The Labute approximate surface area is 181 Å². The van der Waals surface area contributed by atoms with Gasteiger partial charge in [-0.25, -0.2) is 4.98 Å². The molecule has 0 unspecified atom stereocenters. The summed E-state index contributed by atoms with van der Waals surface area (Å²) in [5.41, 5.74) is 0.0131. The van der Waals surface area contributed by atoms with Gasteiger partial charge in [0.25, 0.3) is 5.91 Å². The molecule has 0 aliphatic carbocycles. The number of anilines is 2. The van der Waals surface area contributed by atoms with Crippen molar-refractivity contribution in [3.05, 3.63) is 70.4 Å². The smallest absolute Gasteiger partial charge is 0.367 e. The SMILES string of the molecule is O=C(Nc1cc(C(F)(F)F)ccc1N1CCN(Cc2nccs2)CC1)c1ccccn1. The summed E-state index contributed by atoms with van der Waals surface area (Å²) in [6.07, 6.45) is -1.27. The first-order chi connectivity index (χ1) is 14.9. The Morgan fingerprint density at radius 2 is 1.87 bits per heavy atom. The van der Waals surface area contributed by atoms with Crippen LogP contribution in [0, 0.1) is 0 Å². The Balaban J connectivity index is 1.53. The number of alkyl halides is 3. The number of benzene rings is 1. The Morgan fingerprint density at radius 3 is 2.52 bits per heavy atom. The molecule has 10 heteroatoms. The number of halogens is 3. The number of pyridine rings is 1. The van der Waals surface area contributed by atoms with Crippen molar-refractivity contribution in [1.82, 2.24) is 14.9 Å². The van der Waals surface area contributed by atoms with Crippen molar-refractivity contribution in [3.63, 3.8) is 0 Å². The number of hydrogen-bond acceptors (Lipinski definition) is 6. The third-order valence-corrected chi connectivity index (χ3v) is 5.79. The normalized spacial score (nSPS) is 15.1. The molecule has 0 radical (unpaired) electrons. The van der Waals surface area contributed by atoms with Crippen LogP contribution in [0.2, 0.25) is 0 Å². The minimum atomic E-state index is -4.50. The minimum absolute atomic E-state index is 0.124. The molecule has 1 fully saturated rings. The van der Waals surface area contributed by atoms with Crippen LogP contribution in [-0.4, -0.2) is 47.0 Å². The Hall–Kier alpha value is -2.98. The molecule has 1 aliphatic heterocycles. The van der Waals surface area contributed by atoms with Gasteiger partial charge in [0.2, 0.25) is 0 Å². The van der Waals surface area contributed by atoms with Crippen LogP contribution >= 0.6 is 11.3 Å². The molecule has 1 amide bonds. The van der Waals surface area contributed by atoms with E-state index in [1.54, 1.807) is 29.7 Å². The molecule has 3 heterocycles. The predicted molar refractivity (Wildman–Crippen MR) is 113 cm³/mol. The fourth-order valence-electron chi connectivity index (χ4n) is 3.44. The number of carbonyl (C=O) groups excluding carboxylic acids is 1. The molecule has 4 rings (SSSR count). The van der Waals surface area contributed by atoms with Crippen molar-refractivity contribution in [1.29, 1.82) is 0 Å². The number of amides is 1. The van der Waals surface area contributed by atoms with E-state index >= 15 is 0 Å². The molecule has 1 aromatic carbocycles. The molecule has 31 heavy (non-hydrogen) atoms. The number of hydrogen-bond donors (Lipinski definition) is 1. The second-order valence-electron chi connectivity index (χ2n) is 7.09. The zero-order chi connectivity index (χ0) is 21.8. The summed E-state index contributed by atoms with van der Waals surface area (Å²) >= 11 is 1.60. The summed E-state index contributed by atoms with van der Waals surface area (Å²) in [7, 11) is 0. The monoisotopic (exact) mass is 447 g/mol. The zero-order valence-corrected chi connectivity index (χ0v) is 17.3. The average Bonchev–Trinajstić information content (AvgIpc) is 3.27. The van der Waals surface area contributed by atoms with E-state index in [0.717, 1.165) is 36.8 Å². The van der Waals surface area contributed by atoms with E-state index in [9.17, 15) is 18.0 Å². The van der Waals surface area contributed by atoms with Crippen LogP contribution in [-0.2, 0) is 12.7 Å². The van der Waals surface area contributed by atoms with Gasteiger partial charge in [-0.15, -0.1) is 11.3 Å². The van der Waals surface area contributed by atoms with Gasteiger partial charge in [-0.05, 0) is 30.3 Å². The van der Waals surface area contributed by atoms with Crippen LogP contribution in [0.5, 0.6) is 0 Å². The van der Waals surface area contributed by atoms with E-state index in [2.05, 4.69) is 20.2 Å². The van der Waals surface area contributed by atoms with Gasteiger partial charge >= 0.3 is 6.18 Å². The summed E-state index contributed by atoms with van der Waals surface area (Å²) in [4.78, 5) is 25.1. The number of nitrogens with zero attached hydrogens (tertiary/aromatic N) is 4. The summed E-state index contributed by atoms with van der Waals surface area (Å²) in [6, 6.07) is 8.29. The molecule has 0 atom stereocenters. The number of carbonyl (C=O) groups is 1. The lowest BCUT2D eigenvalue weighted by molar-refractivity contribution is -0.137. The van der Waals surface area contributed by atoms with Crippen molar-refractivity contribution in [3.8, 4) is 0 Å². The highest BCUT2D eigenvalue weighted by Gasteiger charge is 2.32. The minimum Gasteiger partial charge on any atom is -0.367 e. The number of aromatic nitrogens is 2. The topological polar surface area (TPSA) is 61.4 Å². The lowest BCUT2D eigenvalue weighted by atomic mass is 10.1. The van der Waals surface area contributed by atoms with Crippen molar-refractivity contribution < 1.29 is 18.0 Å². The third kappa shape index (κ3) is 5.20. The Kier molecular flexibility index (Phi) is 6.19. The lowest BCUT2D eigenvalue weighted by Gasteiger charge is -2.36. The fourth-order valence-corrected chi connectivity index (χ4v) is 4.10. The highest BCUT2D eigenvalue weighted by Crippen LogP contribution is 2.36. The maximum Gasteiger partial charge on any atom is 0.416 e. The number of nitrogens with one attached hydrogen (secondary N) is 1. The van der Waals surface area contributed by atoms with Gasteiger partial charge in [0.15, 0.2) is 0 Å². The zero-order valence-electron chi connectivity index (χ0n) is 16.5. The molecule has 2 aromatic heterocycles. The van der Waals surface area contributed by atoms with E-state index in [1.807, 2.05) is 10.3 Å². The highest BCUT2D eigenvalue weighted by molar-refractivity contribution is 7.09. The van der Waals surface area contributed by atoms with E-state index < -0.39 is 17.6 Å². The van der Waals surface area contributed by atoms with E-state index in [4.69, 9.17) is 0 Å². The fraction of sp³-hybridized carbons (Fsp3) is 0.286. The second kappa shape index (κ2) is 9.03. The average molecular weight is 447 g/mol. The summed E-state index contributed by atoms with van der Waals surface area (Å²) in [5, 5.41) is 5.59. The van der Waals surface area contributed by atoms with Crippen LogP contribution < -0.4 is 10.2 Å². The highest BCUT2D eigenvalue weighted by atomic mass is 32.1. The molecule has 162 valence electrons. The maximum atomic E-state index is 13.3. The second-order valence-corrected chi connectivity index (χ2v) is 8.07. The molecular weight excluding hydrogens is 427 g/mol. The molecule has 0 bridgehead atoms. The Morgan fingerprint density at radius 1 is 1.06 bits per heavy atom. The van der Waals surface area contributed by atoms with Crippen molar-refractivity contribution in [2.75, 3.05) is 36.4 Å². The lowest BCUT2D eigenvalue weighted by Crippen LogP contribution is -2.46. The summed E-state index contributed by atoms with van der Waals surface area (Å²) in [6.45, 7) is 3.50. The molecule has 1 saturated heterocycles. The molecule has 0 saturated carbocycles. The van der Waals surface area contributed by atoms with E-state index in [1.165, 1.54) is 18.3 Å². The first-order valence-corrected chi connectivity index (χ1v) is 10.6. The van der Waals surface area contributed by atoms with Crippen molar-refractivity contribution in [2.45, 2.75) is 12.7 Å². The van der Waals surface area contributed by atoms with Gasteiger partial charge in [0.05, 0.1) is 23.5 Å². The summed E-state index contributed by atoms with van der Waals surface area (Å²) in [5.74, 6) is -0.552. The van der Waals surface area contributed by atoms with Gasteiger partial charge in [-0.3, -0.25) is 14.7 Å². The van der Waals surface area contributed by atoms with Crippen LogP contribution in [0.4, 0.5) is 24.5 Å². The van der Waals surface area contributed by atoms with Crippen LogP contribution in [0.3, 0.4) is 0 Å². The standard InChI is InChI=1S/C21H20F3N5OS/c22-21(23,24)15-4-5-18(17(13-15)27-20(30)16-3-1-2-6-25-16)29-10-8-28(9-11-29)14-19-26-7-12-31-19/h1-7,12-13H,8-11,14H2,(H,27,30). The predicted octanol–water partition coefficient (Wildman–Crippen LogP) is 4.13. The van der Waals surface area contributed by atoms with Gasteiger partial charge in [0.1, 0.15) is 10.7 Å². The van der Waals surface area contributed by atoms with E-state index in [0.29, 0.717) is 18.8 Å². The van der Waals surface area contributed by atoms with Crippen LogP contribution in [0.1, 0.15) is 21.1 Å². The maximum absolute atomic E-state index is 13.3. The number of thiazole rings is 1. The van der Waals surface area contributed by atoms with Gasteiger partial charge in [0, 0.05) is 44.0 Å². The first-order valence-electron chi connectivity index (χ1n) is 9.69. The van der Waals surface area contributed by atoms with Crippen molar-refractivity contribution in [2.24, 2.45) is 0 Å². The first kappa shape index (κ1) is 21.3. The molecule has 0 spiro atoms. The van der Waals surface area contributed by atoms with E-state index in [-0.39, 0.29) is 11.4 Å². The molecule has 1 aliphatic rings. The summed E-state index contributed by atoms with van der Waals surface area (Å²) < 4.78 is 39.9. The number of piperazine rings is 1. The van der Waals surface area contributed by atoms with Gasteiger partial charge < -0.3 is 10.2 Å². The molecule has 6 nitrogen and oxygen atoms in total. The van der Waals surface area contributed by atoms with Gasteiger partial charge in [-0.1, -0.05) is 6.07 Å². The van der Waals surface area contributed by atoms with Crippen LogP contribution in [0.15, 0.2) is 54.2 Å². The van der Waals surface area contributed by atoms with Crippen LogP contribution in [0.25, 0.3) is 0 Å². The van der Waals surface area contributed by atoms with Crippen molar-refractivity contribution >= 4 is 28.6 Å². The largest absolute Gasteiger partial charge is 0.416 e. The molecule has 1 N–H and O–H groups in total. The Bertz CT molecular complexity index is 1020. The molecule has 3 aromatic rings. The third-order valence-electron chi connectivity index (χ3n) is 5.02. The quantitative estimate of drug-likeness (QED) is 0.637.